The lowest BCUT2D eigenvalue weighted by Crippen LogP contribution is -2.31. The molecular formula is C26H19BrN2O4. The van der Waals surface area contributed by atoms with Gasteiger partial charge in [0.15, 0.2) is 11.5 Å². The largest absolute Gasteiger partial charge is 0.503 e. The van der Waals surface area contributed by atoms with E-state index in [1.54, 1.807) is 36.7 Å². The SMILES string of the molecule is CCc1ccc(N2C(=O)C(O)=C(C(=O)c3cc4cc(Br)ccc4o3)C2c2cccnc2)cc1. The van der Waals surface area contributed by atoms with E-state index in [9.17, 15) is 14.7 Å². The molecule has 6 nitrogen and oxygen atoms in total. The molecular weight excluding hydrogens is 484 g/mol. The Morgan fingerprint density at radius 1 is 1.15 bits per heavy atom. The van der Waals surface area contributed by atoms with Gasteiger partial charge in [-0.15, -0.1) is 0 Å². The van der Waals surface area contributed by atoms with E-state index >= 15 is 0 Å². The molecule has 33 heavy (non-hydrogen) atoms. The van der Waals surface area contributed by atoms with Crippen LogP contribution >= 0.6 is 15.9 Å². The van der Waals surface area contributed by atoms with E-state index in [0.29, 0.717) is 16.8 Å². The predicted octanol–water partition coefficient (Wildman–Crippen LogP) is 5.94. The number of anilines is 1. The van der Waals surface area contributed by atoms with E-state index in [0.717, 1.165) is 21.8 Å². The van der Waals surface area contributed by atoms with Crippen molar-refractivity contribution in [3.8, 4) is 0 Å². The summed E-state index contributed by atoms with van der Waals surface area (Å²) in [5.74, 6) is -1.73. The van der Waals surface area contributed by atoms with Crippen LogP contribution < -0.4 is 4.90 Å². The number of aromatic nitrogens is 1. The van der Waals surface area contributed by atoms with E-state index in [1.807, 2.05) is 43.3 Å². The molecule has 5 rings (SSSR count). The molecule has 3 heterocycles. The fraction of sp³-hybridized carbons (Fsp3) is 0.115. The molecule has 0 radical (unpaired) electrons. The molecule has 1 N–H and O–H groups in total. The quantitative estimate of drug-likeness (QED) is 0.341. The molecule has 1 atom stereocenters. The highest BCUT2D eigenvalue weighted by molar-refractivity contribution is 9.10. The van der Waals surface area contributed by atoms with E-state index in [-0.39, 0.29) is 11.3 Å². The normalized spacial score (nSPS) is 16.1. The fourth-order valence-electron chi connectivity index (χ4n) is 4.11. The third-order valence-corrected chi connectivity index (χ3v) is 6.27. The summed E-state index contributed by atoms with van der Waals surface area (Å²) >= 11 is 3.41. The van der Waals surface area contributed by atoms with Crippen molar-refractivity contribution in [2.24, 2.45) is 0 Å². The zero-order chi connectivity index (χ0) is 23.1. The number of aliphatic hydroxyl groups excluding tert-OH is 1. The van der Waals surface area contributed by atoms with Gasteiger partial charge in [0, 0.05) is 27.9 Å². The summed E-state index contributed by atoms with van der Waals surface area (Å²) in [5.41, 5.74) is 2.80. The van der Waals surface area contributed by atoms with E-state index in [2.05, 4.69) is 20.9 Å². The number of amides is 1. The topological polar surface area (TPSA) is 83.6 Å². The number of hydrogen-bond donors (Lipinski definition) is 1. The fourth-order valence-corrected chi connectivity index (χ4v) is 4.49. The van der Waals surface area contributed by atoms with Crippen molar-refractivity contribution in [3.63, 3.8) is 0 Å². The highest BCUT2D eigenvalue weighted by Gasteiger charge is 2.45. The second-order valence-corrected chi connectivity index (χ2v) is 8.68. The van der Waals surface area contributed by atoms with Crippen molar-refractivity contribution in [2.45, 2.75) is 19.4 Å². The zero-order valence-corrected chi connectivity index (χ0v) is 19.2. The molecule has 0 aliphatic carbocycles. The highest BCUT2D eigenvalue weighted by atomic mass is 79.9. The molecule has 7 heteroatoms. The number of carbonyl (C=O) groups excluding carboxylic acids is 2. The third kappa shape index (κ3) is 3.64. The molecule has 4 aromatic rings. The minimum Gasteiger partial charge on any atom is -0.503 e. The summed E-state index contributed by atoms with van der Waals surface area (Å²) in [5, 5.41) is 11.6. The summed E-state index contributed by atoms with van der Waals surface area (Å²) in [6.45, 7) is 2.05. The molecule has 0 saturated heterocycles. The number of fused-ring (bicyclic) bond motifs is 1. The summed E-state index contributed by atoms with van der Waals surface area (Å²) in [7, 11) is 0. The Hall–Kier alpha value is -3.71. The predicted molar refractivity (Wildman–Crippen MR) is 128 cm³/mol. The summed E-state index contributed by atoms with van der Waals surface area (Å²) < 4.78 is 6.63. The number of carbonyl (C=O) groups is 2. The average molecular weight is 503 g/mol. The number of benzene rings is 2. The summed E-state index contributed by atoms with van der Waals surface area (Å²) in [6, 6.07) is 17.2. The first-order valence-corrected chi connectivity index (χ1v) is 11.3. The molecule has 0 spiro atoms. The molecule has 1 amide bonds. The van der Waals surface area contributed by atoms with Crippen molar-refractivity contribution in [1.29, 1.82) is 0 Å². The Labute approximate surface area is 198 Å². The molecule has 2 aromatic carbocycles. The van der Waals surface area contributed by atoms with Gasteiger partial charge in [-0.2, -0.15) is 0 Å². The van der Waals surface area contributed by atoms with Gasteiger partial charge in [-0.1, -0.05) is 41.1 Å². The van der Waals surface area contributed by atoms with Gasteiger partial charge in [0.2, 0.25) is 5.78 Å². The summed E-state index contributed by atoms with van der Waals surface area (Å²) in [4.78, 5) is 32.4. The molecule has 2 aromatic heterocycles. The van der Waals surface area contributed by atoms with Crippen LogP contribution in [0, 0.1) is 0 Å². The van der Waals surface area contributed by atoms with Gasteiger partial charge in [-0.3, -0.25) is 19.5 Å². The van der Waals surface area contributed by atoms with Gasteiger partial charge >= 0.3 is 0 Å². The van der Waals surface area contributed by atoms with E-state index in [1.165, 1.54) is 4.90 Å². The first kappa shape index (κ1) is 21.2. The number of ketones is 1. The van der Waals surface area contributed by atoms with Gasteiger partial charge in [-0.05, 0) is 60.0 Å². The van der Waals surface area contributed by atoms with Crippen LogP contribution in [-0.4, -0.2) is 21.8 Å². The van der Waals surface area contributed by atoms with Gasteiger partial charge in [0.05, 0.1) is 11.6 Å². The van der Waals surface area contributed by atoms with Crippen molar-refractivity contribution < 1.29 is 19.1 Å². The van der Waals surface area contributed by atoms with Gasteiger partial charge < -0.3 is 9.52 Å². The maximum Gasteiger partial charge on any atom is 0.294 e. The third-order valence-electron chi connectivity index (χ3n) is 5.78. The second kappa shape index (κ2) is 8.33. The van der Waals surface area contributed by atoms with Gasteiger partial charge in [-0.25, -0.2) is 0 Å². The number of rotatable bonds is 5. The Bertz CT molecular complexity index is 1410. The van der Waals surface area contributed by atoms with Crippen molar-refractivity contribution in [1.82, 2.24) is 4.98 Å². The van der Waals surface area contributed by atoms with Crippen LogP contribution in [-0.2, 0) is 11.2 Å². The number of aryl methyl sites for hydroxylation is 1. The first-order chi connectivity index (χ1) is 16.0. The Kier molecular flexibility index (Phi) is 5.34. The van der Waals surface area contributed by atoms with Gasteiger partial charge in [0.1, 0.15) is 5.58 Å². The minimum atomic E-state index is -0.842. The molecule has 0 saturated carbocycles. The van der Waals surface area contributed by atoms with Crippen LogP contribution in [0.1, 0.15) is 34.6 Å². The Balaban J connectivity index is 1.63. The monoisotopic (exact) mass is 502 g/mol. The number of furan rings is 1. The number of nitrogens with zero attached hydrogens (tertiary/aromatic N) is 2. The van der Waals surface area contributed by atoms with Gasteiger partial charge in [0.25, 0.3) is 5.91 Å². The lowest BCUT2D eigenvalue weighted by atomic mass is 9.95. The molecule has 164 valence electrons. The van der Waals surface area contributed by atoms with Crippen LogP contribution in [0.4, 0.5) is 5.69 Å². The van der Waals surface area contributed by atoms with Crippen molar-refractivity contribution in [2.75, 3.05) is 4.90 Å². The van der Waals surface area contributed by atoms with Crippen LogP contribution in [0.15, 0.2) is 93.3 Å². The van der Waals surface area contributed by atoms with Crippen LogP contribution in [0.3, 0.4) is 0 Å². The van der Waals surface area contributed by atoms with E-state index in [4.69, 9.17) is 4.42 Å². The zero-order valence-electron chi connectivity index (χ0n) is 17.7. The maximum atomic E-state index is 13.6. The standard InChI is InChI=1S/C26H19BrN2O4/c1-2-15-5-8-19(9-6-15)29-23(16-4-3-11-28-14-16)22(25(31)26(29)32)24(30)21-13-17-12-18(27)7-10-20(17)33-21/h3-14,23,31H,2H2,1H3. The highest BCUT2D eigenvalue weighted by Crippen LogP contribution is 2.42. The van der Waals surface area contributed by atoms with Crippen molar-refractivity contribution >= 4 is 44.3 Å². The smallest absolute Gasteiger partial charge is 0.294 e. The number of hydrogen-bond acceptors (Lipinski definition) is 5. The van der Waals surface area contributed by atoms with Crippen LogP contribution in [0.25, 0.3) is 11.0 Å². The number of aliphatic hydroxyl groups is 1. The molecule has 1 unspecified atom stereocenters. The lowest BCUT2D eigenvalue weighted by molar-refractivity contribution is -0.117. The number of Topliss-reactive ketones (excluding diaryl/α,β-unsaturated/α-hetero) is 1. The average Bonchev–Trinajstić information content (AvgIpc) is 3.38. The molecule has 1 aliphatic heterocycles. The second-order valence-electron chi connectivity index (χ2n) is 7.77. The Morgan fingerprint density at radius 2 is 1.94 bits per heavy atom. The maximum absolute atomic E-state index is 13.6. The Morgan fingerprint density at radius 3 is 2.64 bits per heavy atom. The van der Waals surface area contributed by atoms with E-state index < -0.39 is 23.5 Å². The van der Waals surface area contributed by atoms with Crippen LogP contribution in [0.2, 0.25) is 0 Å². The van der Waals surface area contributed by atoms with Crippen LogP contribution in [0.5, 0.6) is 0 Å². The summed E-state index contributed by atoms with van der Waals surface area (Å²) in [6.07, 6.45) is 4.06. The first-order valence-electron chi connectivity index (χ1n) is 10.5. The molecule has 0 fully saturated rings. The minimum absolute atomic E-state index is 0.0364. The van der Waals surface area contributed by atoms with Crippen molar-refractivity contribution in [3.05, 3.63) is 106 Å². The lowest BCUT2D eigenvalue weighted by Gasteiger charge is -2.26. The molecule has 1 aliphatic rings. The number of halogens is 1. The number of pyridine rings is 1. The molecule has 0 bridgehead atoms.